The monoisotopic (exact) mass is 352 g/mol. The van der Waals surface area contributed by atoms with Crippen molar-refractivity contribution in [1.82, 2.24) is 5.32 Å². The van der Waals surface area contributed by atoms with Gasteiger partial charge in [0.05, 0.1) is 31.0 Å². The predicted octanol–water partition coefficient (Wildman–Crippen LogP) is 4.38. The lowest BCUT2D eigenvalue weighted by Crippen LogP contribution is -2.31. The molecule has 0 saturated heterocycles. The lowest BCUT2D eigenvalue weighted by atomic mass is 10.1. The molecule has 0 radical (unpaired) electrons. The topological polar surface area (TPSA) is 59.6 Å². The van der Waals surface area contributed by atoms with Gasteiger partial charge in [-0.05, 0) is 36.8 Å². The molecular weight excluding hydrogens is 335 g/mol. The molecule has 1 unspecified atom stereocenters. The first-order valence-corrected chi connectivity index (χ1v) is 7.57. The summed E-state index contributed by atoms with van der Waals surface area (Å²) in [6.45, 7) is 1.80. The number of carbonyl (C=O) groups excluding carboxylic acids is 1. The molecule has 2 N–H and O–H groups in total. The number of amides is 2. The summed E-state index contributed by atoms with van der Waals surface area (Å²) in [5, 5.41) is 5.26. The third-order valence-corrected chi connectivity index (χ3v) is 3.77. The van der Waals surface area contributed by atoms with Crippen molar-refractivity contribution < 1.29 is 18.7 Å². The summed E-state index contributed by atoms with van der Waals surface area (Å²) in [7, 11) is 3.08. The highest BCUT2D eigenvalue weighted by Crippen LogP contribution is 2.30. The SMILES string of the molecule is COc1ccc(C(C)NC(=O)Nc2c(F)cccc2Cl)cc1OC. The number of halogens is 2. The van der Waals surface area contributed by atoms with Gasteiger partial charge in [-0.15, -0.1) is 0 Å². The Morgan fingerprint density at radius 1 is 1.17 bits per heavy atom. The second-order valence-electron chi connectivity index (χ2n) is 5.03. The lowest BCUT2D eigenvalue weighted by molar-refractivity contribution is 0.249. The Kier molecular flexibility index (Phi) is 5.87. The minimum absolute atomic E-state index is 0.0591. The van der Waals surface area contributed by atoms with Gasteiger partial charge in [0.25, 0.3) is 0 Å². The Bertz CT molecular complexity index is 720. The van der Waals surface area contributed by atoms with E-state index in [0.717, 1.165) is 5.56 Å². The molecule has 0 heterocycles. The van der Waals surface area contributed by atoms with Crippen molar-refractivity contribution >= 4 is 23.3 Å². The van der Waals surface area contributed by atoms with Crippen LogP contribution in [0, 0.1) is 5.82 Å². The number of para-hydroxylation sites is 1. The van der Waals surface area contributed by atoms with Gasteiger partial charge in [0.2, 0.25) is 0 Å². The maximum absolute atomic E-state index is 13.7. The maximum Gasteiger partial charge on any atom is 0.319 e. The molecule has 0 aliphatic carbocycles. The summed E-state index contributed by atoms with van der Waals surface area (Å²) < 4.78 is 24.1. The molecule has 5 nitrogen and oxygen atoms in total. The first kappa shape index (κ1) is 17.9. The molecule has 2 rings (SSSR count). The molecule has 0 aromatic heterocycles. The van der Waals surface area contributed by atoms with E-state index in [2.05, 4.69) is 10.6 Å². The van der Waals surface area contributed by atoms with E-state index >= 15 is 0 Å². The van der Waals surface area contributed by atoms with Crippen molar-refractivity contribution in [2.24, 2.45) is 0 Å². The molecule has 2 amide bonds. The van der Waals surface area contributed by atoms with Crippen LogP contribution >= 0.6 is 11.6 Å². The van der Waals surface area contributed by atoms with Gasteiger partial charge in [0.1, 0.15) is 5.82 Å². The van der Waals surface area contributed by atoms with Gasteiger partial charge in [-0.3, -0.25) is 0 Å². The van der Waals surface area contributed by atoms with Crippen LogP contribution in [0.1, 0.15) is 18.5 Å². The average molecular weight is 353 g/mol. The summed E-state index contributed by atoms with van der Waals surface area (Å²) in [4.78, 5) is 12.1. The quantitative estimate of drug-likeness (QED) is 0.839. The summed E-state index contributed by atoms with van der Waals surface area (Å²) in [5.74, 6) is 0.550. The third-order valence-electron chi connectivity index (χ3n) is 3.46. The molecular formula is C17H18ClFN2O3. The molecule has 0 aliphatic heterocycles. The number of hydrogen-bond acceptors (Lipinski definition) is 3. The van der Waals surface area contributed by atoms with Crippen LogP contribution in [0.2, 0.25) is 5.02 Å². The summed E-state index contributed by atoms with van der Waals surface area (Å²) in [6, 6.07) is 8.60. The number of benzene rings is 2. The minimum Gasteiger partial charge on any atom is -0.493 e. The Labute approximate surface area is 144 Å². The number of ether oxygens (including phenoxy) is 2. The highest BCUT2D eigenvalue weighted by atomic mass is 35.5. The largest absolute Gasteiger partial charge is 0.493 e. The number of rotatable bonds is 5. The van der Waals surface area contributed by atoms with Gasteiger partial charge >= 0.3 is 6.03 Å². The van der Waals surface area contributed by atoms with Gasteiger partial charge in [0.15, 0.2) is 11.5 Å². The zero-order chi connectivity index (χ0) is 17.7. The van der Waals surface area contributed by atoms with E-state index in [0.29, 0.717) is 11.5 Å². The van der Waals surface area contributed by atoms with Crippen LogP contribution in [-0.4, -0.2) is 20.3 Å². The van der Waals surface area contributed by atoms with E-state index in [9.17, 15) is 9.18 Å². The normalized spacial score (nSPS) is 11.5. The van der Waals surface area contributed by atoms with Crippen LogP contribution in [0.3, 0.4) is 0 Å². The molecule has 2 aromatic carbocycles. The van der Waals surface area contributed by atoms with E-state index in [1.54, 1.807) is 26.2 Å². The number of carbonyl (C=O) groups is 1. The predicted molar refractivity (Wildman–Crippen MR) is 91.5 cm³/mol. The Balaban J connectivity index is 2.09. The number of methoxy groups -OCH3 is 2. The molecule has 0 aliphatic rings. The van der Waals surface area contributed by atoms with Crippen molar-refractivity contribution in [3.8, 4) is 11.5 Å². The molecule has 128 valence electrons. The van der Waals surface area contributed by atoms with Crippen LogP contribution in [0.5, 0.6) is 11.5 Å². The van der Waals surface area contributed by atoms with Crippen LogP contribution in [-0.2, 0) is 0 Å². The fourth-order valence-corrected chi connectivity index (χ4v) is 2.38. The van der Waals surface area contributed by atoms with Crippen LogP contribution in [0.25, 0.3) is 0 Å². The zero-order valence-corrected chi connectivity index (χ0v) is 14.3. The van der Waals surface area contributed by atoms with Crippen molar-refractivity contribution in [3.63, 3.8) is 0 Å². The zero-order valence-electron chi connectivity index (χ0n) is 13.5. The number of anilines is 1. The third kappa shape index (κ3) is 4.08. The summed E-state index contributed by atoms with van der Waals surface area (Å²) in [6.07, 6.45) is 0. The first-order valence-electron chi connectivity index (χ1n) is 7.19. The maximum atomic E-state index is 13.7. The summed E-state index contributed by atoms with van der Waals surface area (Å²) >= 11 is 5.89. The Morgan fingerprint density at radius 2 is 1.88 bits per heavy atom. The average Bonchev–Trinajstić information content (AvgIpc) is 2.57. The standard InChI is InChI=1S/C17H18ClFN2O3/c1-10(11-7-8-14(23-2)15(9-11)24-3)20-17(22)21-16-12(18)5-4-6-13(16)19/h4-10H,1-3H3,(H2,20,21,22). The number of nitrogens with one attached hydrogen (secondary N) is 2. The molecule has 7 heteroatoms. The lowest BCUT2D eigenvalue weighted by Gasteiger charge is -2.17. The smallest absolute Gasteiger partial charge is 0.319 e. The van der Waals surface area contributed by atoms with Crippen molar-refractivity contribution in [2.75, 3.05) is 19.5 Å². The molecule has 0 spiro atoms. The molecule has 24 heavy (non-hydrogen) atoms. The van der Waals surface area contributed by atoms with Gasteiger partial charge < -0.3 is 20.1 Å². The first-order chi connectivity index (χ1) is 11.5. The van der Waals surface area contributed by atoms with E-state index in [1.165, 1.54) is 25.3 Å². The Morgan fingerprint density at radius 3 is 2.50 bits per heavy atom. The number of hydrogen-bond donors (Lipinski definition) is 2. The molecule has 0 bridgehead atoms. The highest BCUT2D eigenvalue weighted by molar-refractivity contribution is 6.33. The van der Waals surface area contributed by atoms with E-state index in [1.807, 2.05) is 6.07 Å². The molecule has 0 saturated carbocycles. The Hall–Kier alpha value is -2.47. The second-order valence-corrected chi connectivity index (χ2v) is 5.44. The van der Waals surface area contributed by atoms with Crippen LogP contribution < -0.4 is 20.1 Å². The van der Waals surface area contributed by atoms with Crippen LogP contribution in [0.4, 0.5) is 14.9 Å². The van der Waals surface area contributed by atoms with Crippen LogP contribution in [0.15, 0.2) is 36.4 Å². The molecule has 2 aromatic rings. The van der Waals surface area contributed by atoms with Gasteiger partial charge in [-0.25, -0.2) is 9.18 Å². The van der Waals surface area contributed by atoms with Crippen molar-refractivity contribution in [3.05, 3.63) is 52.8 Å². The second kappa shape index (κ2) is 7.88. The van der Waals surface area contributed by atoms with E-state index < -0.39 is 11.8 Å². The highest BCUT2D eigenvalue weighted by Gasteiger charge is 2.15. The van der Waals surface area contributed by atoms with Crippen molar-refractivity contribution in [2.45, 2.75) is 13.0 Å². The fourth-order valence-electron chi connectivity index (χ4n) is 2.17. The molecule has 0 fully saturated rings. The fraction of sp³-hybridized carbons (Fsp3) is 0.235. The minimum atomic E-state index is -0.601. The number of urea groups is 1. The summed E-state index contributed by atoms with van der Waals surface area (Å²) in [5.41, 5.74) is 0.749. The van der Waals surface area contributed by atoms with Gasteiger partial charge in [0, 0.05) is 0 Å². The molecule has 1 atom stereocenters. The van der Waals surface area contributed by atoms with E-state index in [-0.39, 0.29) is 16.8 Å². The van der Waals surface area contributed by atoms with Gasteiger partial charge in [-0.2, -0.15) is 0 Å². The van der Waals surface area contributed by atoms with E-state index in [4.69, 9.17) is 21.1 Å². The van der Waals surface area contributed by atoms with Crippen molar-refractivity contribution in [1.29, 1.82) is 0 Å². The van der Waals surface area contributed by atoms with Gasteiger partial charge in [-0.1, -0.05) is 23.7 Å².